The summed E-state index contributed by atoms with van der Waals surface area (Å²) in [5.74, 6) is -0.516. The largest absolute Gasteiger partial charge is 0.416 e. The number of aromatic nitrogens is 2. The average molecular weight is 408 g/mol. The number of rotatable bonds is 4. The second kappa shape index (κ2) is 7.82. The van der Waals surface area contributed by atoms with E-state index in [1.54, 1.807) is 6.07 Å². The number of nitrogens with zero attached hydrogens (tertiary/aromatic N) is 2. The van der Waals surface area contributed by atoms with Crippen LogP contribution >= 0.6 is 0 Å². The van der Waals surface area contributed by atoms with Gasteiger partial charge in [-0.15, -0.1) is 0 Å². The van der Waals surface area contributed by atoms with E-state index in [0.29, 0.717) is 11.3 Å². The van der Waals surface area contributed by atoms with Crippen LogP contribution < -0.4 is 5.43 Å². The van der Waals surface area contributed by atoms with Crippen LogP contribution in [0.2, 0.25) is 0 Å². The van der Waals surface area contributed by atoms with Gasteiger partial charge in [-0.2, -0.15) is 23.4 Å². The maximum Gasteiger partial charge on any atom is 0.416 e. The van der Waals surface area contributed by atoms with Gasteiger partial charge in [-0.05, 0) is 40.6 Å². The molecule has 0 unspecified atom stereocenters. The monoisotopic (exact) mass is 408 g/mol. The number of nitrogens with one attached hydrogen (secondary N) is 2. The Morgan fingerprint density at radius 1 is 0.967 bits per heavy atom. The van der Waals surface area contributed by atoms with Gasteiger partial charge in [0.2, 0.25) is 0 Å². The molecule has 4 rings (SSSR count). The minimum atomic E-state index is -4.40. The Labute approximate surface area is 169 Å². The normalized spacial score (nSPS) is 11.8. The minimum Gasteiger partial charge on any atom is -0.272 e. The van der Waals surface area contributed by atoms with Crippen molar-refractivity contribution in [2.75, 3.05) is 0 Å². The molecule has 0 aliphatic rings. The summed E-state index contributed by atoms with van der Waals surface area (Å²) < 4.78 is 37.7. The maximum atomic E-state index is 12.6. The van der Waals surface area contributed by atoms with E-state index in [1.165, 1.54) is 18.3 Å². The summed E-state index contributed by atoms with van der Waals surface area (Å²) in [7, 11) is 0. The van der Waals surface area contributed by atoms with Crippen LogP contribution in [-0.4, -0.2) is 22.3 Å². The second-order valence-corrected chi connectivity index (χ2v) is 6.55. The summed E-state index contributed by atoms with van der Waals surface area (Å²) in [4.78, 5) is 12.2. The van der Waals surface area contributed by atoms with Crippen molar-refractivity contribution in [3.63, 3.8) is 0 Å². The molecule has 3 aromatic carbocycles. The first-order valence-electron chi connectivity index (χ1n) is 8.95. The first kappa shape index (κ1) is 19.4. The van der Waals surface area contributed by atoms with E-state index >= 15 is 0 Å². The molecule has 1 aromatic heterocycles. The number of carbonyl (C=O) groups is 1. The van der Waals surface area contributed by atoms with Crippen molar-refractivity contribution < 1.29 is 18.0 Å². The molecule has 30 heavy (non-hydrogen) atoms. The molecule has 150 valence electrons. The Morgan fingerprint density at radius 2 is 1.70 bits per heavy atom. The Balaban J connectivity index is 1.43. The third kappa shape index (κ3) is 4.22. The van der Waals surface area contributed by atoms with Crippen molar-refractivity contribution in [2.45, 2.75) is 6.18 Å². The van der Waals surface area contributed by atoms with Gasteiger partial charge in [-0.3, -0.25) is 9.89 Å². The van der Waals surface area contributed by atoms with Crippen molar-refractivity contribution in [1.82, 2.24) is 15.6 Å². The lowest BCUT2D eigenvalue weighted by Crippen LogP contribution is -2.18. The molecular formula is C22H15F3N4O. The molecule has 4 aromatic rings. The van der Waals surface area contributed by atoms with Gasteiger partial charge in [0.15, 0.2) is 0 Å². The SMILES string of the molecule is O=C(NN=Cc1ccc(C(F)(F)F)cc1)c1cc(-c2ccc3ccccc3c2)n[nH]1. The summed E-state index contributed by atoms with van der Waals surface area (Å²) in [6.45, 7) is 0. The molecule has 0 bridgehead atoms. The fourth-order valence-electron chi connectivity index (χ4n) is 2.92. The number of aromatic amines is 1. The Hall–Kier alpha value is -3.94. The number of halogens is 3. The van der Waals surface area contributed by atoms with Crippen LogP contribution in [0.5, 0.6) is 0 Å². The lowest BCUT2D eigenvalue weighted by Gasteiger charge is -2.05. The number of amides is 1. The van der Waals surface area contributed by atoms with Crippen LogP contribution in [0.15, 0.2) is 77.9 Å². The highest BCUT2D eigenvalue weighted by atomic mass is 19.4. The zero-order valence-electron chi connectivity index (χ0n) is 15.4. The van der Waals surface area contributed by atoms with Crippen molar-refractivity contribution in [1.29, 1.82) is 0 Å². The first-order valence-corrected chi connectivity index (χ1v) is 8.95. The zero-order chi connectivity index (χ0) is 21.1. The highest BCUT2D eigenvalue weighted by Crippen LogP contribution is 2.29. The highest BCUT2D eigenvalue weighted by Gasteiger charge is 2.29. The first-order chi connectivity index (χ1) is 14.4. The molecule has 0 atom stereocenters. The van der Waals surface area contributed by atoms with E-state index in [1.807, 2.05) is 42.5 Å². The Morgan fingerprint density at radius 3 is 2.43 bits per heavy atom. The molecule has 0 radical (unpaired) electrons. The molecule has 0 saturated heterocycles. The van der Waals surface area contributed by atoms with Crippen LogP contribution in [0.25, 0.3) is 22.0 Å². The molecule has 2 N–H and O–H groups in total. The molecule has 1 heterocycles. The van der Waals surface area contributed by atoms with Gasteiger partial charge in [0, 0.05) is 5.56 Å². The number of H-pyrrole nitrogens is 1. The Bertz CT molecular complexity index is 1230. The summed E-state index contributed by atoms with van der Waals surface area (Å²) >= 11 is 0. The molecule has 0 saturated carbocycles. The maximum absolute atomic E-state index is 12.6. The summed E-state index contributed by atoms with van der Waals surface area (Å²) in [5, 5.41) is 12.8. The minimum absolute atomic E-state index is 0.211. The smallest absolute Gasteiger partial charge is 0.272 e. The highest BCUT2D eigenvalue weighted by molar-refractivity contribution is 5.94. The quantitative estimate of drug-likeness (QED) is 0.368. The second-order valence-electron chi connectivity index (χ2n) is 6.55. The number of carbonyl (C=O) groups excluding carboxylic acids is 1. The van der Waals surface area contributed by atoms with E-state index in [2.05, 4.69) is 20.7 Å². The van der Waals surface area contributed by atoms with Gasteiger partial charge in [0.1, 0.15) is 5.69 Å². The van der Waals surface area contributed by atoms with Gasteiger partial charge in [-0.25, -0.2) is 5.43 Å². The van der Waals surface area contributed by atoms with Gasteiger partial charge < -0.3 is 0 Å². The van der Waals surface area contributed by atoms with Crippen molar-refractivity contribution in [3.8, 4) is 11.3 Å². The fraction of sp³-hybridized carbons (Fsp3) is 0.0455. The predicted octanol–water partition coefficient (Wildman–Crippen LogP) is 5.01. The van der Waals surface area contributed by atoms with E-state index in [9.17, 15) is 18.0 Å². The molecule has 0 spiro atoms. The number of benzene rings is 3. The molecule has 1 amide bonds. The third-order valence-electron chi connectivity index (χ3n) is 4.49. The fourth-order valence-corrected chi connectivity index (χ4v) is 2.92. The van der Waals surface area contributed by atoms with Crippen molar-refractivity contribution >= 4 is 22.9 Å². The van der Waals surface area contributed by atoms with Crippen LogP contribution in [0.1, 0.15) is 21.6 Å². The molecule has 0 aliphatic heterocycles. The van der Waals surface area contributed by atoms with Gasteiger partial charge >= 0.3 is 6.18 Å². The van der Waals surface area contributed by atoms with E-state index in [-0.39, 0.29) is 5.69 Å². The van der Waals surface area contributed by atoms with E-state index in [0.717, 1.165) is 28.5 Å². The van der Waals surface area contributed by atoms with Gasteiger partial charge in [0.25, 0.3) is 5.91 Å². The van der Waals surface area contributed by atoms with Crippen LogP contribution in [0.3, 0.4) is 0 Å². The molecular weight excluding hydrogens is 393 g/mol. The summed E-state index contributed by atoms with van der Waals surface area (Å²) in [6, 6.07) is 19.8. The average Bonchev–Trinajstić information content (AvgIpc) is 3.23. The topological polar surface area (TPSA) is 70.1 Å². The summed E-state index contributed by atoms with van der Waals surface area (Å²) in [5.41, 5.74) is 3.68. The van der Waals surface area contributed by atoms with Crippen LogP contribution in [0, 0.1) is 0 Å². The molecule has 8 heteroatoms. The molecule has 0 aliphatic carbocycles. The van der Waals surface area contributed by atoms with Gasteiger partial charge in [0.05, 0.1) is 17.5 Å². The number of hydrazone groups is 1. The number of fused-ring (bicyclic) bond motifs is 1. The lowest BCUT2D eigenvalue weighted by molar-refractivity contribution is -0.137. The predicted molar refractivity (Wildman–Crippen MR) is 108 cm³/mol. The van der Waals surface area contributed by atoms with E-state index < -0.39 is 17.6 Å². The molecule has 5 nitrogen and oxygen atoms in total. The van der Waals surface area contributed by atoms with E-state index in [4.69, 9.17) is 0 Å². The molecule has 0 fully saturated rings. The standard InChI is InChI=1S/C22H15F3N4O/c23-22(24,25)18-9-5-14(6-10-18)13-26-29-21(30)20-12-19(27-28-20)17-8-7-15-3-1-2-4-16(15)11-17/h1-13H,(H,27,28)(H,29,30). The van der Waals surface area contributed by atoms with Crippen molar-refractivity contribution in [3.05, 3.63) is 89.6 Å². The van der Waals surface area contributed by atoms with Crippen LogP contribution in [-0.2, 0) is 6.18 Å². The number of hydrogen-bond donors (Lipinski definition) is 2. The summed E-state index contributed by atoms with van der Waals surface area (Å²) in [6.07, 6.45) is -3.13. The zero-order valence-corrected chi connectivity index (χ0v) is 15.4. The Kier molecular flexibility index (Phi) is 5.05. The van der Waals surface area contributed by atoms with Crippen molar-refractivity contribution in [2.24, 2.45) is 5.10 Å². The van der Waals surface area contributed by atoms with Crippen LogP contribution in [0.4, 0.5) is 13.2 Å². The lowest BCUT2D eigenvalue weighted by atomic mass is 10.1. The third-order valence-corrected chi connectivity index (χ3v) is 4.49. The van der Waals surface area contributed by atoms with Gasteiger partial charge in [-0.1, -0.05) is 48.5 Å². The number of hydrogen-bond acceptors (Lipinski definition) is 3. The number of alkyl halides is 3.